The Morgan fingerprint density at radius 3 is 2.48 bits per heavy atom. The zero-order chi connectivity index (χ0) is 16.1. The van der Waals surface area contributed by atoms with Crippen LogP contribution in [0.3, 0.4) is 0 Å². The van der Waals surface area contributed by atoms with Gasteiger partial charge < -0.3 is 14.5 Å². The van der Waals surface area contributed by atoms with E-state index in [0.29, 0.717) is 13.1 Å². The molecule has 0 atom stereocenters. The second kappa shape index (κ2) is 7.09. The number of piperazine rings is 1. The number of para-hydroxylation sites is 1. The second-order valence-corrected chi connectivity index (χ2v) is 5.29. The summed E-state index contributed by atoms with van der Waals surface area (Å²) in [7, 11) is 0. The Labute approximate surface area is 134 Å². The fraction of sp³-hybridized carbons (Fsp3) is 0.294. The third-order valence-electron chi connectivity index (χ3n) is 3.85. The lowest BCUT2D eigenvalue weighted by Crippen LogP contribution is -2.50. The number of benzene rings is 1. The van der Waals surface area contributed by atoms with Crippen LogP contribution in [0, 0.1) is 5.82 Å². The number of anilines is 1. The normalized spacial score (nSPS) is 14.7. The van der Waals surface area contributed by atoms with Gasteiger partial charge in [0.2, 0.25) is 0 Å². The Bertz CT molecular complexity index is 658. The monoisotopic (exact) mass is 315 g/mol. The van der Waals surface area contributed by atoms with Crippen molar-refractivity contribution in [1.82, 2.24) is 9.88 Å². The van der Waals surface area contributed by atoms with E-state index in [0.717, 1.165) is 18.8 Å². The molecule has 1 aromatic carbocycles. The van der Waals surface area contributed by atoms with E-state index in [9.17, 15) is 9.18 Å². The molecule has 1 amide bonds. The summed E-state index contributed by atoms with van der Waals surface area (Å²) in [5.74, 6) is -0.471. The quantitative estimate of drug-likeness (QED) is 0.865. The predicted molar refractivity (Wildman–Crippen MR) is 84.9 cm³/mol. The first kappa shape index (κ1) is 15.3. The Morgan fingerprint density at radius 2 is 1.78 bits per heavy atom. The lowest BCUT2D eigenvalue weighted by molar-refractivity contribution is -0.133. The fourth-order valence-corrected chi connectivity index (χ4v) is 2.56. The van der Waals surface area contributed by atoms with Crippen molar-refractivity contribution in [1.29, 1.82) is 0 Å². The van der Waals surface area contributed by atoms with E-state index in [1.807, 2.05) is 12.1 Å². The zero-order valence-electron chi connectivity index (χ0n) is 12.7. The number of carbonyl (C=O) groups is 1. The van der Waals surface area contributed by atoms with Crippen molar-refractivity contribution in [3.63, 3.8) is 0 Å². The molecular weight excluding hydrogens is 297 g/mol. The maximum absolute atomic E-state index is 13.5. The number of pyridine rings is 1. The second-order valence-electron chi connectivity index (χ2n) is 5.29. The maximum Gasteiger partial charge on any atom is 0.260 e. The minimum atomic E-state index is -0.456. The molecule has 6 heteroatoms. The SMILES string of the molecule is O=C(COc1ccccc1F)N1CCN(c2ccncc2)CC1. The van der Waals surface area contributed by atoms with Crippen LogP contribution >= 0.6 is 0 Å². The summed E-state index contributed by atoms with van der Waals surface area (Å²) in [6.45, 7) is 2.63. The van der Waals surface area contributed by atoms with Crippen LogP contribution < -0.4 is 9.64 Å². The van der Waals surface area contributed by atoms with Gasteiger partial charge in [-0.3, -0.25) is 9.78 Å². The molecule has 23 heavy (non-hydrogen) atoms. The van der Waals surface area contributed by atoms with Crippen molar-refractivity contribution in [3.05, 3.63) is 54.6 Å². The molecule has 5 nitrogen and oxygen atoms in total. The molecule has 0 bridgehead atoms. The molecule has 0 saturated carbocycles. The summed E-state index contributed by atoms with van der Waals surface area (Å²) in [6, 6.07) is 10.0. The van der Waals surface area contributed by atoms with Crippen LogP contribution in [-0.2, 0) is 4.79 Å². The van der Waals surface area contributed by atoms with Crippen molar-refractivity contribution in [2.24, 2.45) is 0 Å². The molecule has 1 saturated heterocycles. The van der Waals surface area contributed by atoms with Crippen molar-refractivity contribution < 1.29 is 13.9 Å². The maximum atomic E-state index is 13.5. The van der Waals surface area contributed by atoms with E-state index in [2.05, 4.69) is 9.88 Å². The largest absolute Gasteiger partial charge is 0.481 e. The highest BCUT2D eigenvalue weighted by atomic mass is 19.1. The van der Waals surface area contributed by atoms with Crippen molar-refractivity contribution in [3.8, 4) is 5.75 Å². The first-order valence-corrected chi connectivity index (χ1v) is 7.54. The van der Waals surface area contributed by atoms with Gasteiger partial charge in [0.05, 0.1) is 0 Å². The first-order chi connectivity index (χ1) is 11.2. The topological polar surface area (TPSA) is 45.7 Å². The number of halogens is 1. The van der Waals surface area contributed by atoms with Crippen LogP contribution in [0.4, 0.5) is 10.1 Å². The molecule has 1 aliphatic rings. The summed E-state index contributed by atoms with van der Waals surface area (Å²) in [5, 5.41) is 0. The van der Waals surface area contributed by atoms with Gasteiger partial charge in [0.15, 0.2) is 18.2 Å². The highest BCUT2D eigenvalue weighted by molar-refractivity contribution is 5.78. The lowest BCUT2D eigenvalue weighted by Gasteiger charge is -2.36. The molecule has 1 fully saturated rings. The molecule has 1 aromatic heterocycles. The minimum absolute atomic E-state index is 0.108. The number of ether oxygens (including phenoxy) is 1. The third-order valence-corrected chi connectivity index (χ3v) is 3.85. The standard InChI is InChI=1S/C17H18FN3O2/c18-15-3-1-2-4-16(15)23-13-17(22)21-11-9-20(10-12-21)14-5-7-19-8-6-14/h1-8H,9-13H2. The zero-order valence-corrected chi connectivity index (χ0v) is 12.7. The van der Waals surface area contributed by atoms with Gasteiger partial charge in [-0.2, -0.15) is 0 Å². The number of aromatic nitrogens is 1. The van der Waals surface area contributed by atoms with Crippen molar-refractivity contribution in [2.75, 3.05) is 37.7 Å². The Balaban J connectivity index is 1.50. The molecular formula is C17H18FN3O2. The number of hydrogen-bond donors (Lipinski definition) is 0. The summed E-state index contributed by atoms with van der Waals surface area (Å²) < 4.78 is 18.7. The van der Waals surface area contributed by atoms with Gasteiger partial charge >= 0.3 is 0 Å². The number of carbonyl (C=O) groups excluding carboxylic acids is 1. The van der Waals surface area contributed by atoms with E-state index in [1.54, 1.807) is 29.4 Å². The number of amides is 1. The van der Waals surface area contributed by atoms with Gasteiger partial charge in [0.25, 0.3) is 5.91 Å². The van der Waals surface area contributed by atoms with Crippen LogP contribution in [0.1, 0.15) is 0 Å². The smallest absolute Gasteiger partial charge is 0.260 e. The number of rotatable bonds is 4. The highest BCUT2D eigenvalue weighted by Crippen LogP contribution is 2.17. The van der Waals surface area contributed by atoms with E-state index < -0.39 is 5.82 Å². The highest BCUT2D eigenvalue weighted by Gasteiger charge is 2.21. The molecule has 0 N–H and O–H groups in total. The predicted octanol–water partition coefficient (Wildman–Crippen LogP) is 1.95. The number of hydrogen-bond acceptors (Lipinski definition) is 4. The summed E-state index contributed by atoms with van der Waals surface area (Å²) in [4.78, 5) is 20.1. The van der Waals surface area contributed by atoms with Crippen LogP contribution in [0.2, 0.25) is 0 Å². The van der Waals surface area contributed by atoms with Gasteiger partial charge in [0, 0.05) is 44.3 Å². The summed E-state index contributed by atoms with van der Waals surface area (Å²) in [5.41, 5.74) is 1.11. The Hall–Kier alpha value is -2.63. The van der Waals surface area contributed by atoms with E-state index in [-0.39, 0.29) is 18.3 Å². The first-order valence-electron chi connectivity index (χ1n) is 7.54. The molecule has 2 aromatic rings. The van der Waals surface area contributed by atoms with E-state index >= 15 is 0 Å². The Morgan fingerprint density at radius 1 is 1.09 bits per heavy atom. The van der Waals surface area contributed by atoms with Gasteiger partial charge in [-0.1, -0.05) is 12.1 Å². The van der Waals surface area contributed by atoms with Gasteiger partial charge in [0.1, 0.15) is 0 Å². The minimum Gasteiger partial charge on any atom is -0.481 e. The van der Waals surface area contributed by atoms with Crippen molar-refractivity contribution >= 4 is 11.6 Å². The van der Waals surface area contributed by atoms with Crippen LogP contribution in [-0.4, -0.2) is 48.6 Å². The van der Waals surface area contributed by atoms with Gasteiger partial charge in [-0.05, 0) is 24.3 Å². The molecule has 120 valence electrons. The summed E-state index contributed by atoms with van der Waals surface area (Å²) >= 11 is 0. The average molecular weight is 315 g/mol. The Kier molecular flexibility index (Phi) is 4.71. The molecule has 0 unspecified atom stereocenters. The van der Waals surface area contributed by atoms with Crippen LogP contribution in [0.25, 0.3) is 0 Å². The molecule has 1 aliphatic heterocycles. The average Bonchev–Trinajstić information content (AvgIpc) is 2.62. The van der Waals surface area contributed by atoms with E-state index in [1.165, 1.54) is 12.1 Å². The van der Waals surface area contributed by atoms with Crippen LogP contribution in [0.15, 0.2) is 48.8 Å². The van der Waals surface area contributed by atoms with Crippen molar-refractivity contribution in [2.45, 2.75) is 0 Å². The molecule has 0 spiro atoms. The van der Waals surface area contributed by atoms with Gasteiger partial charge in [-0.25, -0.2) is 4.39 Å². The molecule has 2 heterocycles. The summed E-state index contributed by atoms with van der Waals surface area (Å²) in [6.07, 6.45) is 3.52. The molecule has 0 radical (unpaired) electrons. The van der Waals surface area contributed by atoms with Crippen LogP contribution in [0.5, 0.6) is 5.75 Å². The molecule has 3 rings (SSSR count). The van der Waals surface area contributed by atoms with Gasteiger partial charge in [-0.15, -0.1) is 0 Å². The fourth-order valence-electron chi connectivity index (χ4n) is 2.56. The lowest BCUT2D eigenvalue weighted by atomic mass is 10.2. The third kappa shape index (κ3) is 3.77. The number of nitrogens with zero attached hydrogens (tertiary/aromatic N) is 3. The molecule has 0 aliphatic carbocycles. The van der Waals surface area contributed by atoms with E-state index in [4.69, 9.17) is 4.74 Å².